The standard InChI is InChI=1S/C18H21N5O2/c1-3-23-16-13(5-4-7-19-16)18(25)21-15-11(2)9-14(20-17(15)23)22-8-6-12(24)10-22/h4-5,7,9,12,24H,3,6,8,10H2,1-2H3,(H,21,25). The van der Waals surface area contributed by atoms with Gasteiger partial charge in [0, 0.05) is 25.8 Å². The van der Waals surface area contributed by atoms with Gasteiger partial charge in [0.2, 0.25) is 0 Å². The number of aliphatic hydroxyl groups excluding tert-OH is 1. The van der Waals surface area contributed by atoms with E-state index in [1.807, 2.05) is 24.8 Å². The molecular weight excluding hydrogens is 318 g/mol. The van der Waals surface area contributed by atoms with Gasteiger partial charge < -0.3 is 20.2 Å². The minimum absolute atomic E-state index is 0.172. The molecule has 2 aromatic heterocycles. The van der Waals surface area contributed by atoms with Crippen LogP contribution < -0.4 is 15.1 Å². The fourth-order valence-corrected chi connectivity index (χ4v) is 3.47. The number of aliphatic hydroxyl groups is 1. The van der Waals surface area contributed by atoms with Gasteiger partial charge in [-0.3, -0.25) is 4.79 Å². The largest absolute Gasteiger partial charge is 0.391 e. The molecule has 0 bridgehead atoms. The smallest absolute Gasteiger partial charge is 0.259 e. The normalized spacial score (nSPS) is 19.3. The van der Waals surface area contributed by atoms with E-state index in [9.17, 15) is 9.90 Å². The zero-order valence-corrected chi connectivity index (χ0v) is 14.4. The Morgan fingerprint density at radius 3 is 2.96 bits per heavy atom. The third kappa shape index (κ3) is 2.60. The average molecular weight is 339 g/mol. The minimum Gasteiger partial charge on any atom is -0.391 e. The van der Waals surface area contributed by atoms with Crippen molar-refractivity contribution in [2.45, 2.75) is 26.4 Å². The first-order valence-corrected chi connectivity index (χ1v) is 8.57. The molecule has 4 rings (SSSR count). The van der Waals surface area contributed by atoms with E-state index in [-0.39, 0.29) is 12.0 Å². The molecule has 7 nitrogen and oxygen atoms in total. The first kappa shape index (κ1) is 15.8. The monoisotopic (exact) mass is 339 g/mol. The van der Waals surface area contributed by atoms with Gasteiger partial charge in [-0.05, 0) is 44.0 Å². The van der Waals surface area contributed by atoms with Gasteiger partial charge in [-0.15, -0.1) is 0 Å². The van der Waals surface area contributed by atoms with Gasteiger partial charge in [-0.2, -0.15) is 0 Å². The number of aromatic nitrogens is 2. The first-order valence-electron chi connectivity index (χ1n) is 8.57. The van der Waals surface area contributed by atoms with E-state index in [0.29, 0.717) is 36.0 Å². The summed E-state index contributed by atoms with van der Waals surface area (Å²) in [6, 6.07) is 5.51. The zero-order valence-electron chi connectivity index (χ0n) is 14.4. The topological polar surface area (TPSA) is 81.6 Å². The lowest BCUT2D eigenvalue weighted by atomic mass is 10.2. The lowest BCUT2D eigenvalue weighted by Crippen LogP contribution is -2.25. The summed E-state index contributed by atoms with van der Waals surface area (Å²) in [5.74, 6) is 1.96. The number of aryl methyl sites for hydroxylation is 1. The number of carbonyl (C=O) groups excluding carboxylic acids is 1. The van der Waals surface area contributed by atoms with Gasteiger partial charge in [0.05, 0.1) is 17.4 Å². The van der Waals surface area contributed by atoms with Crippen molar-refractivity contribution in [2.24, 2.45) is 0 Å². The molecule has 0 radical (unpaired) electrons. The van der Waals surface area contributed by atoms with Crippen molar-refractivity contribution in [3.63, 3.8) is 0 Å². The second kappa shape index (κ2) is 6.00. The highest BCUT2D eigenvalue weighted by Gasteiger charge is 2.29. The summed E-state index contributed by atoms with van der Waals surface area (Å²) in [6.07, 6.45) is 2.12. The van der Waals surface area contributed by atoms with Crippen LogP contribution in [-0.4, -0.2) is 46.7 Å². The fourth-order valence-electron chi connectivity index (χ4n) is 3.47. The molecule has 1 fully saturated rings. The summed E-state index contributed by atoms with van der Waals surface area (Å²) in [4.78, 5) is 25.9. The second-order valence-electron chi connectivity index (χ2n) is 6.46. The van der Waals surface area contributed by atoms with E-state index < -0.39 is 0 Å². The molecule has 130 valence electrons. The van der Waals surface area contributed by atoms with Crippen molar-refractivity contribution in [3.05, 3.63) is 35.5 Å². The molecule has 7 heteroatoms. The Kier molecular flexibility index (Phi) is 3.80. The van der Waals surface area contributed by atoms with Gasteiger partial charge in [-0.1, -0.05) is 0 Å². The van der Waals surface area contributed by atoms with Gasteiger partial charge in [-0.25, -0.2) is 9.97 Å². The Morgan fingerprint density at radius 2 is 2.24 bits per heavy atom. The highest BCUT2D eigenvalue weighted by molar-refractivity contribution is 6.11. The van der Waals surface area contributed by atoms with Crippen LogP contribution in [-0.2, 0) is 0 Å². The quantitative estimate of drug-likeness (QED) is 0.872. The minimum atomic E-state index is -0.315. The number of nitrogens with zero attached hydrogens (tertiary/aromatic N) is 4. The van der Waals surface area contributed by atoms with Gasteiger partial charge in [0.1, 0.15) is 11.6 Å². The molecule has 1 saturated heterocycles. The SMILES string of the molecule is CCN1c2ncccc2C(=O)Nc2c(C)cc(N3CCC(O)C3)nc21. The van der Waals surface area contributed by atoms with Crippen molar-refractivity contribution in [2.75, 3.05) is 34.8 Å². The van der Waals surface area contributed by atoms with Crippen LogP contribution in [0.5, 0.6) is 0 Å². The van der Waals surface area contributed by atoms with Crippen LogP contribution in [0.4, 0.5) is 23.1 Å². The summed E-state index contributed by atoms with van der Waals surface area (Å²) in [5, 5.41) is 12.8. The molecule has 4 heterocycles. The molecule has 1 amide bonds. The number of amides is 1. The van der Waals surface area contributed by atoms with Crippen molar-refractivity contribution in [1.29, 1.82) is 0 Å². The molecule has 2 aliphatic heterocycles. The van der Waals surface area contributed by atoms with Crippen LogP contribution in [0.3, 0.4) is 0 Å². The van der Waals surface area contributed by atoms with E-state index in [4.69, 9.17) is 4.98 Å². The van der Waals surface area contributed by atoms with E-state index in [0.717, 1.165) is 24.3 Å². The highest BCUT2D eigenvalue weighted by Crippen LogP contribution is 2.39. The summed E-state index contributed by atoms with van der Waals surface area (Å²) >= 11 is 0. The maximum atomic E-state index is 12.6. The number of pyridine rings is 2. The van der Waals surface area contributed by atoms with E-state index in [1.54, 1.807) is 18.3 Å². The number of β-amino-alcohol motifs (C(OH)–C–C–N with tert-alkyl or cyclic N) is 1. The first-order chi connectivity index (χ1) is 12.1. The Labute approximate surface area is 146 Å². The molecule has 0 aromatic carbocycles. The third-order valence-electron chi connectivity index (χ3n) is 4.77. The molecule has 2 aromatic rings. The summed E-state index contributed by atoms with van der Waals surface area (Å²) in [5.41, 5.74) is 2.20. The zero-order chi connectivity index (χ0) is 17.6. The second-order valence-corrected chi connectivity index (χ2v) is 6.46. The van der Waals surface area contributed by atoms with Crippen LogP contribution in [0.2, 0.25) is 0 Å². The Bertz CT molecular complexity index is 838. The molecule has 1 atom stereocenters. The van der Waals surface area contributed by atoms with Crippen molar-refractivity contribution in [3.8, 4) is 0 Å². The molecule has 1 unspecified atom stereocenters. The number of nitrogens with one attached hydrogen (secondary N) is 1. The molecule has 25 heavy (non-hydrogen) atoms. The molecule has 0 aliphatic carbocycles. The van der Waals surface area contributed by atoms with E-state index in [2.05, 4.69) is 15.2 Å². The number of anilines is 4. The van der Waals surface area contributed by atoms with E-state index in [1.165, 1.54) is 0 Å². The van der Waals surface area contributed by atoms with Crippen LogP contribution >= 0.6 is 0 Å². The fraction of sp³-hybridized carbons (Fsp3) is 0.389. The number of hydrogen-bond donors (Lipinski definition) is 2. The van der Waals surface area contributed by atoms with Crippen LogP contribution in [0, 0.1) is 6.92 Å². The number of rotatable bonds is 2. The summed E-state index contributed by atoms with van der Waals surface area (Å²) in [7, 11) is 0. The lowest BCUT2D eigenvalue weighted by Gasteiger charge is -2.25. The van der Waals surface area contributed by atoms with E-state index >= 15 is 0 Å². The van der Waals surface area contributed by atoms with Crippen LogP contribution in [0.25, 0.3) is 0 Å². The van der Waals surface area contributed by atoms with Crippen molar-refractivity contribution < 1.29 is 9.90 Å². The number of carbonyl (C=O) groups is 1. The number of fused-ring (bicyclic) bond motifs is 2. The predicted octanol–water partition coefficient (Wildman–Crippen LogP) is 2.08. The van der Waals surface area contributed by atoms with Gasteiger partial charge in [0.25, 0.3) is 5.91 Å². The Balaban J connectivity index is 1.87. The molecule has 2 N–H and O–H groups in total. The average Bonchev–Trinajstić information content (AvgIpc) is 2.99. The molecular formula is C18H21N5O2. The summed E-state index contributed by atoms with van der Waals surface area (Å²) < 4.78 is 0. The third-order valence-corrected chi connectivity index (χ3v) is 4.77. The lowest BCUT2D eigenvalue weighted by molar-refractivity contribution is 0.102. The number of hydrogen-bond acceptors (Lipinski definition) is 6. The van der Waals surface area contributed by atoms with Crippen LogP contribution in [0.15, 0.2) is 24.4 Å². The molecule has 0 spiro atoms. The van der Waals surface area contributed by atoms with Crippen molar-refractivity contribution in [1.82, 2.24) is 9.97 Å². The molecule has 2 aliphatic rings. The Hall–Kier alpha value is -2.67. The maximum absolute atomic E-state index is 12.6. The highest BCUT2D eigenvalue weighted by atomic mass is 16.3. The van der Waals surface area contributed by atoms with Gasteiger partial charge >= 0.3 is 0 Å². The van der Waals surface area contributed by atoms with Gasteiger partial charge in [0.15, 0.2) is 5.82 Å². The maximum Gasteiger partial charge on any atom is 0.259 e. The molecule has 0 saturated carbocycles. The summed E-state index contributed by atoms with van der Waals surface area (Å²) in [6.45, 7) is 5.98. The Morgan fingerprint density at radius 1 is 1.40 bits per heavy atom. The predicted molar refractivity (Wildman–Crippen MR) is 96.7 cm³/mol. The van der Waals surface area contributed by atoms with Crippen LogP contribution in [0.1, 0.15) is 29.3 Å². The van der Waals surface area contributed by atoms with Crippen molar-refractivity contribution >= 4 is 29.0 Å².